The highest BCUT2D eigenvalue weighted by Crippen LogP contribution is 2.39. The summed E-state index contributed by atoms with van der Waals surface area (Å²) < 4.78 is 16.7. The smallest absolute Gasteiger partial charge is 0.262 e. The van der Waals surface area contributed by atoms with Gasteiger partial charge in [0.2, 0.25) is 17.8 Å². The Balaban J connectivity index is 1.11. The summed E-state index contributed by atoms with van der Waals surface area (Å²) in [6, 6.07) is 18.9. The molecule has 49 heavy (non-hydrogen) atoms. The number of carbonyl (C=O) groups is 2. The van der Waals surface area contributed by atoms with E-state index in [0.29, 0.717) is 72.1 Å². The monoisotopic (exact) mass is 679 g/mol. The van der Waals surface area contributed by atoms with Gasteiger partial charge in [-0.05, 0) is 53.8 Å². The number of hydrogen-bond acceptors (Lipinski definition) is 7. The lowest BCUT2D eigenvalue weighted by Gasteiger charge is -2.16. The van der Waals surface area contributed by atoms with Crippen LogP contribution in [0.2, 0.25) is 5.02 Å². The van der Waals surface area contributed by atoms with E-state index in [-0.39, 0.29) is 29.5 Å². The predicted octanol–water partition coefficient (Wildman–Crippen LogP) is 4.54. The number of fused-ring (bicyclic) bond motifs is 1. The van der Waals surface area contributed by atoms with Crippen molar-refractivity contribution in [3.8, 4) is 33.5 Å². The molecule has 10 nitrogen and oxygen atoms in total. The van der Waals surface area contributed by atoms with Gasteiger partial charge in [-0.2, -0.15) is 4.39 Å². The topological polar surface area (TPSA) is 130 Å². The first-order valence-electron chi connectivity index (χ1n) is 16.3. The summed E-state index contributed by atoms with van der Waals surface area (Å²) in [4.78, 5) is 45.0. The van der Waals surface area contributed by atoms with Gasteiger partial charge in [0.25, 0.3) is 5.56 Å². The summed E-state index contributed by atoms with van der Waals surface area (Å²) in [5, 5.41) is 12.6. The average molecular weight is 680 g/mol. The first kappa shape index (κ1) is 32.6. The van der Waals surface area contributed by atoms with E-state index in [1.165, 1.54) is 4.40 Å². The summed E-state index contributed by atoms with van der Waals surface area (Å²) in [6.45, 7) is 3.75. The molecule has 0 radical (unpaired) electrons. The molecule has 0 bridgehead atoms. The zero-order valence-corrected chi connectivity index (χ0v) is 27.6. The molecule has 2 atom stereocenters. The number of halogens is 2. The highest BCUT2D eigenvalue weighted by Gasteiger charge is 2.22. The van der Waals surface area contributed by atoms with Gasteiger partial charge in [-0.3, -0.25) is 18.8 Å². The molecule has 2 aromatic carbocycles. The van der Waals surface area contributed by atoms with Crippen molar-refractivity contribution in [2.75, 3.05) is 13.1 Å². The Morgan fingerprint density at radius 2 is 1.76 bits per heavy atom. The molecule has 2 unspecified atom stereocenters. The fourth-order valence-electron chi connectivity index (χ4n) is 6.54. The van der Waals surface area contributed by atoms with Crippen LogP contribution in [0.25, 0.3) is 39.2 Å². The Bertz CT molecular complexity index is 2150. The molecule has 250 valence electrons. The molecule has 2 aliphatic rings. The predicted molar refractivity (Wildman–Crippen MR) is 186 cm³/mol. The van der Waals surface area contributed by atoms with Crippen LogP contribution < -0.4 is 26.8 Å². The van der Waals surface area contributed by atoms with E-state index in [0.717, 1.165) is 34.2 Å². The van der Waals surface area contributed by atoms with Crippen molar-refractivity contribution in [1.82, 2.24) is 35.6 Å². The Labute approximate surface area is 287 Å². The second-order valence-corrected chi connectivity index (χ2v) is 12.9. The zero-order chi connectivity index (χ0) is 34.1. The van der Waals surface area contributed by atoms with Gasteiger partial charge in [-0.25, -0.2) is 9.97 Å². The number of benzene rings is 2. The van der Waals surface area contributed by atoms with Crippen LogP contribution in [0.5, 0.6) is 0 Å². The minimum atomic E-state index is -0.574. The number of amides is 2. The minimum absolute atomic E-state index is 0.00327. The number of pyridine rings is 2. The van der Waals surface area contributed by atoms with Crippen molar-refractivity contribution in [1.29, 1.82) is 0 Å². The summed E-state index contributed by atoms with van der Waals surface area (Å²) in [5.74, 6) is -0.523. The number of aromatic nitrogens is 3. The molecule has 3 aromatic heterocycles. The van der Waals surface area contributed by atoms with Crippen LogP contribution in [-0.2, 0) is 22.7 Å². The molecule has 2 fully saturated rings. The molecule has 2 aliphatic heterocycles. The SMILES string of the molecule is Cc1c(-c2ccn3c(=O)c(CNC4CNC(=O)C4)cnc3c2)cccc1-c1cccc(-c2ccc(CNCC3CCC(=O)N3)c(F)n2)c1Cl. The normalized spacial score (nSPS) is 17.4. The van der Waals surface area contributed by atoms with Crippen LogP contribution >= 0.6 is 11.6 Å². The minimum Gasteiger partial charge on any atom is -0.354 e. The van der Waals surface area contributed by atoms with Crippen molar-refractivity contribution in [2.24, 2.45) is 0 Å². The van der Waals surface area contributed by atoms with Crippen molar-refractivity contribution < 1.29 is 14.0 Å². The fourth-order valence-corrected chi connectivity index (χ4v) is 6.86. The zero-order valence-electron chi connectivity index (χ0n) is 26.9. The molecule has 2 saturated heterocycles. The van der Waals surface area contributed by atoms with Gasteiger partial charge in [0.05, 0.1) is 16.3 Å². The number of nitrogens with one attached hydrogen (secondary N) is 4. The molecule has 2 amide bonds. The third-order valence-electron chi connectivity index (χ3n) is 9.27. The van der Waals surface area contributed by atoms with Crippen LogP contribution in [0.3, 0.4) is 0 Å². The van der Waals surface area contributed by atoms with Crippen LogP contribution in [0.1, 0.15) is 36.0 Å². The maximum atomic E-state index is 15.1. The van der Waals surface area contributed by atoms with Gasteiger partial charge in [0, 0.05) is 80.2 Å². The highest BCUT2D eigenvalue weighted by molar-refractivity contribution is 6.36. The van der Waals surface area contributed by atoms with Gasteiger partial charge in [0.15, 0.2) is 0 Å². The summed E-state index contributed by atoms with van der Waals surface area (Å²) in [7, 11) is 0. The molecule has 12 heteroatoms. The van der Waals surface area contributed by atoms with Crippen molar-refractivity contribution >= 4 is 29.1 Å². The first-order chi connectivity index (χ1) is 23.7. The standard InChI is InChI=1S/C37H35ClFN7O3/c1-21-27(22-12-13-46-32(14-22)42-18-24(37(46)49)17-41-26-15-34(48)43-20-26)4-2-5-28(21)29-6-3-7-30(35(29)38)31-10-8-23(36(39)45-31)16-40-19-25-9-11-33(47)44-25/h2-8,10,12-14,18,25-26,40-41H,9,11,15-17,19-20H2,1H3,(H,43,48)(H,44,47). The third-order valence-corrected chi connectivity index (χ3v) is 9.67. The Morgan fingerprint density at radius 1 is 0.959 bits per heavy atom. The van der Waals surface area contributed by atoms with E-state index < -0.39 is 5.95 Å². The van der Waals surface area contributed by atoms with Crippen LogP contribution in [0.15, 0.2) is 77.9 Å². The van der Waals surface area contributed by atoms with Gasteiger partial charge < -0.3 is 21.3 Å². The Kier molecular flexibility index (Phi) is 9.22. The average Bonchev–Trinajstić information content (AvgIpc) is 3.72. The lowest BCUT2D eigenvalue weighted by atomic mass is 9.92. The van der Waals surface area contributed by atoms with Gasteiger partial charge in [-0.1, -0.05) is 54.1 Å². The lowest BCUT2D eigenvalue weighted by Crippen LogP contribution is -2.35. The summed E-state index contributed by atoms with van der Waals surface area (Å²) in [6.07, 6.45) is 5.01. The quantitative estimate of drug-likeness (QED) is 0.160. The van der Waals surface area contributed by atoms with Crippen LogP contribution in [0.4, 0.5) is 4.39 Å². The molecule has 0 aliphatic carbocycles. The number of carbonyl (C=O) groups excluding carboxylic acids is 2. The molecule has 7 rings (SSSR count). The molecular formula is C37H35ClFN7O3. The van der Waals surface area contributed by atoms with E-state index >= 15 is 4.39 Å². The second-order valence-electron chi connectivity index (χ2n) is 12.5. The van der Waals surface area contributed by atoms with Crippen molar-refractivity contribution in [3.05, 3.63) is 111 Å². The third kappa shape index (κ3) is 6.82. The summed E-state index contributed by atoms with van der Waals surface area (Å²) >= 11 is 7.01. The Hall–Kier alpha value is -4.97. The maximum Gasteiger partial charge on any atom is 0.262 e. The van der Waals surface area contributed by atoms with E-state index in [9.17, 15) is 14.4 Å². The summed E-state index contributed by atoms with van der Waals surface area (Å²) in [5.41, 5.74) is 6.89. The second kappa shape index (κ2) is 13.9. The van der Waals surface area contributed by atoms with Gasteiger partial charge >= 0.3 is 0 Å². The molecule has 0 spiro atoms. The number of nitrogens with zero attached hydrogens (tertiary/aromatic N) is 3. The van der Waals surface area contributed by atoms with E-state index in [2.05, 4.69) is 31.2 Å². The first-order valence-corrected chi connectivity index (χ1v) is 16.7. The highest BCUT2D eigenvalue weighted by atomic mass is 35.5. The van der Waals surface area contributed by atoms with E-state index in [4.69, 9.17) is 11.6 Å². The molecular weight excluding hydrogens is 645 g/mol. The molecule has 0 saturated carbocycles. The maximum absolute atomic E-state index is 15.1. The fraction of sp³-hybridized carbons (Fsp3) is 0.270. The van der Waals surface area contributed by atoms with Gasteiger partial charge in [-0.15, -0.1) is 0 Å². The van der Waals surface area contributed by atoms with Crippen LogP contribution in [-0.4, -0.2) is 51.4 Å². The molecule has 5 aromatic rings. The number of rotatable bonds is 10. The van der Waals surface area contributed by atoms with Crippen molar-refractivity contribution in [2.45, 2.75) is 51.4 Å². The van der Waals surface area contributed by atoms with Gasteiger partial charge in [0.1, 0.15) is 5.65 Å². The largest absolute Gasteiger partial charge is 0.354 e. The van der Waals surface area contributed by atoms with E-state index in [1.807, 2.05) is 55.5 Å². The Morgan fingerprint density at radius 3 is 2.51 bits per heavy atom. The van der Waals surface area contributed by atoms with Crippen LogP contribution in [0, 0.1) is 12.9 Å². The molecule has 4 N–H and O–H groups in total. The lowest BCUT2D eigenvalue weighted by molar-refractivity contribution is -0.120. The molecule has 5 heterocycles. The van der Waals surface area contributed by atoms with E-state index in [1.54, 1.807) is 24.5 Å². The number of hydrogen-bond donors (Lipinski definition) is 4. The van der Waals surface area contributed by atoms with Crippen molar-refractivity contribution in [3.63, 3.8) is 0 Å².